The normalized spacial score (nSPS) is 20.3. The highest BCUT2D eigenvalue weighted by molar-refractivity contribution is 7.89. The molecule has 4 rings (SSSR count). The highest BCUT2D eigenvalue weighted by Gasteiger charge is 2.23. The van der Waals surface area contributed by atoms with Crippen molar-refractivity contribution in [2.45, 2.75) is 30.3 Å². The molecule has 0 saturated carbocycles. The van der Waals surface area contributed by atoms with E-state index in [0.29, 0.717) is 25.3 Å². The number of nitrogens with zero attached hydrogens (tertiary/aromatic N) is 3. The number of aromatic nitrogens is 1. The van der Waals surface area contributed by atoms with Crippen LogP contribution < -0.4 is 9.62 Å². The van der Waals surface area contributed by atoms with Gasteiger partial charge in [-0.05, 0) is 43.5 Å². The van der Waals surface area contributed by atoms with E-state index >= 15 is 0 Å². The zero-order chi connectivity index (χ0) is 21.0. The number of benzene rings is 1. The van der Waals surface area contributed by atoms with Crippen molar-refractivity contribution in [3.8, 4) is 0 Å². The second-order valence-electron chi connectivity index (χ2n) is 7.46. The number of sulfonamides is 1. The van der Waals surface area contributed by atoms with Gasteiger partial charge in [-0.2, -0.15) is 0 Å². The summed E-state index contributed by atoms with van der Waals surface area (Å²) in [5.74, 6) is -0.0766. The zero-order valence-electron chi connectivity index (χ0n) is 16.7. The summed E-state index contributed by atoms with van der Waals surface area (Å²) in [6.07, 6.45) is 4.42. The molecule has 1 atom stereocenters. The first-order valence-electron chi connectivity index (χ1n) is 10.2. The van der Waals surface area contributed by atoms with Gasteiger partial charge in [0.15, 0.2) is 5.13 Å². The van der Waals surface area contributed by atoms with Gasteiger partial charge >= 0.3 is 0 Å². The van der Waals surface area contributed by atoms with Gasteiger partial charge in [-0.3, -0.25) is 4.79 Å². The lowest BCUT2D eigenvalue weighted by Gasteiger charge is -2.22. The smallest absolute Gasteiger partial charge is 0.253 e. The summed E-state index contributed by atoms with van der Waals surface area (Å²) in [4.78, 5) is 21.5. The fraction of sp³-hybridized carbons (Fsp3) is 0.500. The van der Waals surface area contributed by atoms with Gasteiger partial charge < -0.3 is 14.5 Å². The fourth-order valence-corrected chi connectivity index (χ4v) is 5.50. The van der Waals surface area contributed by atoms with Gasteiger partial charge in [0.1, 0.15) is 0 Å². The Morgan fingerprint density at radius 3 is 2.70 bits per heavy atom. The third kappa shape index (κ3) is 5.00. The minimum Gasteiger partial charge on any atom is -0.377 e. The van der Waals surface area contributed by atoms with Crippen LogP contribution in [0.1, 0.15) is 29.6 Å². The molecule has 1 aromatic heterocycles. The van der Waals surface area contributed by atoms with Crippen LogP contribution in [-0.4, -0.2) is 69.6 Å². The van der Waals surface area contributed by atoms with Crippen LogP contribution in [0.4, 0.5) is 5.13 Å². The Balaban J connectivity index is 1.36. The standard InChI is InChI=1S/C20H26N4O4S2/c25-19(23-9-2-10-24(12-11-23)20-21-8-14-29-20)16-4-6-18(7-5-16)30(26,27)22-15-17-3-1-13-28-17/h4-8,14,17,22H,1-3,9-13,15H2. The molecule has 0 aliphatic carbocycles. The third-order valence-corrected chi connectivity index (χ3v) is 7.68. The molecule has 2 aliphatic heterocycles. The van der Waals surface area contributed by atoms with Crippen LogP contribution in [0.2, 0.25) is 0 Å². The van der Waals surface area contributed by atoms with Gasteiger partial charge in [0.25, 0.3) is 5.91 Å². The molecule has 2 fully saturated rings. The number of thiazole rings is 1. The van der Waals surface area contributed by atoms with Crippen molar-refractivity contribution in [2.24, 2.45) is 0 Å². The second-order valence-corrected chi connectivity index (χ2v) is 10.1. The van der Waals surface area contributed by atoms with Gasteiger partial charge in [-0.25, -0.2) is 18.1 Å². The van der Waals surface area contributed by atoms with Gasteiger partial charge in [-0.1, -0.05) is 0 Å². The number of hydrogen-bond acceptors (Lipinski definition) is 7. The van der Waals surface area contributed by atoms with Crippen LogP contribution in [0, 0.1) is 0 Å². The molecule has 30 heavy (non-hydrogen) atoms. The molecule has 10 heteroatoms. The maximum Gasteiger partial charge on any atom is 0.253 e. The average molecular weight is 451 g/mol. The van der Waals surface area contributed by atoms with Crippen LogP contribution in [0.3, 0.4) is 0 Å². The Bertz CT molecular complexity index is 942. The van der Waals surface area contributed by atoms with Crippen molar-refractivity contribution in [1.29, 1.82) is 0 Å². The van der Waals surface area contributed by atoms with E-state index in [-0.39, 0.29) is 23.5 Å². The van der Waals surface area contributed by atoms with E-state index in [4.69, 9.17) is 4.74 Å². The molecule has 2 saturated heterocycles. The first-order valence-corrected chi connectivity index (χ1v) is 12.5. The van der Waals surface area contributed by atoms with Crippen molar-refractivity contribution in [2.75, 3.05) is 44.2 Å². The lowest BCUT2D eigenvalue weighted by atomic mass is 10.2. The van der Waals surface area contributed by atoms with E-state index in [9.17, 15) is 13.2 Å². The number of hydrogen-bond donors (Lipinski definition) is 1. The van der Waals surface area contributed by atoms with Crippen LogP contribution in [0.25, 0.3) is 0 Å². The summed E-state index contributed by atoms with van der Waals surface area (Å²) >= 11 is 1.60. The third-order valence-electron chi connectivity index (χ3n) is 5.41. The van der Waals surface area contributed by atoms with E-state index in [0.717, 1.165) is 37.5 Å². The molecule has 1 aromatic carbocycles. The molecule has 0 spiro atoms. The Labute approximate surface area is 180 Å². The molecule has 1 amide bonds. The number of rotatable bonds is 6. The Morgan fingerprint density at radius 2 is 2.00 bits per heavy atom. The van der Waals surface area contributed by atoms with Gasteiger partial charge in [-0.15, -0.1) is 11.3 Å². The zero-order valence-corrected chi connectivity index (χ0v) is 18.3. The van der Waals surface area contributed by atoms with Crippen LogP contribution in [0.15, 0.2) is 40.7 Å². The summed E-state index contributed by atoms with van der Waals surface area (Å²) in [7, 11) is -3.62. The molecular formula is C20H26N4O4S2. The number of carbonyl (C=O) groups is 1. The highest BCUT2D eigenvalue weighted by Crippen LogP contribution is 2.20. The van der Waals surface area contributed by atoms with Crippen LogP contribution in [-0.2, 0) is 14.8 Å². The maximum atomic E-state index is 12.9. The average Bonchev–Trinajstić information content (AvgIpc) is 3.43. The molecular weight excluding hydrogens is 424 g/mol. The molecule has 3 heterocycles. The van der Waals surface area contributed by atoms with Crippen LogP contribution in [0.5, 0.6) is 0 Å². The van der Waals surface area contributed by atoms with E-state index in [1.165, 1.54) is 12.1 Å². The quantitative estimate of drug-likeness (QED) is 0.723. The number of carbonyl (C=O) groups excluding carboxylic acids is 1. The minimum atomic E-state index is -3.62. The summed E-state index contributed by atoms with van der Waals surface area (Å²) < 4.78 is 33.0. The molecule has 2 aliphatic rings. The highest BCUT2D eigenvalue weighted by atomic mass is 32.2. The summed E-state index contributed by atoms with van der Waals surface area (Å²) in [6.45, 7) is 3.84. The lowest BCUT2D eigenvalue weighted by molar-refractivity contribution is 0.0767. The summed E-state index contributed by atoms with van der Waals surface area (Å²) in [5.41, 5.74) is 0.496. The molecule has 8 nitrogen and oxygen atoms in total. The largest absolute Gasteiger partial charge is 0.377 e. The van der Waals surface area contributed by atoms with Gasteiger partial charge in [0, 0.05) is 56.5 Å². The first kappa shape index (κ1) is 21.2. The first-order chi connectivity index (χ1) is 14.5. The predicted octanol–water partition coefficient (Wildman–Crippen LogP) is 1.95. The number of nitrogens with one attached hydrogen (secondary N) is 1. The Kier molecular flexibility index (Phi) is 6.67. The minimum absolute atomic E-state index is 0.0624. The Morgan fingerprint density at radius 1 is 1.17 bits per heavy atom. The predicted molar refractivity (Wildman–Crippen MR) is 115 cm³/mol. The fourth-order valence-electron chi connectivity index (χ4n) is 3.73. The topological polar surface area (TPSA) is 91.8 Å². The summed E-state index contributed by atoms with van der Waals surface area (Å²) in [6, 6.07) is 6.16. The lowest BCUT2D eigenvalue weighted by Crippen LogP contribution is -2.35. The van der Waals surface area contributed by atoms with E-state index < -0.39 is 10.0 Å². The van der Waals surface area contributed by atoms with Crippen molar-refractivity contribution in [3.63, 3.8) is 0 Å². The van der Waals surface area contributed by atoms with E-state index in [1.54, 1.807) is 29.7 Å². The van der Waals surface area contributed by atoms with E-state index in [2.05, 4.69) is 14.6 Å². The number of anilines is 1. The van der Waals surface area contributed by atoms with Gasteiger partial charge in [0.2, 0.25) is 10.0 Å². The number of ether oxygens (including phenoxy) is 1. The van der Waals surface area contributed by atoms with Crippen molar-refractivity contribution in [1.82, 2.24) is 14.6 Å². The Hall–Kier alpha value is -2.01. The second kappa shape index (κ2) is 9.42. The molecule has 1 N–H and O–H groups in total. The van der Waals surface area contributed by atoms with E-state index in [1.807, 2.05) is 10.3 Å². The van der Waals surface area contributed by atoms with Crippen molar-refractivity contribution >= 4 is 32.4 Å². The number of amides is 1. The maximum absolute atomic E-state index is 12.9. The molecule has 1 unspecified atom stereocenters. The SMILES string of the molecule is O=C(c1ccc(S(=O)(=O)NCC2CCCO2)cc1)N1CCCN(c2nccs2)CC1. The van der Waals surface area contributed by atoms with Crippen molar-refractivity contribution in [3.05, 3.63) is 41.4 Å². The molecule has 0 radical (unpaired) electrons. The summed E-state index contributed by atoms with van der Waals surface area (Å²) in [5, 5.41) is 2.93. The monoisotopic (exact) mass is 450 g/mol. The molecule has 162 valence electrons. The molecule has 2 aromatic rings. The van der Waals surface area contributed by atoms with Crippen LogP contribution >= 0.6 is 11.3 Å². The molecule has 0 bridgehead atoms. The van der Waals surface area contributed by atoms with Gasteiger partial charge in [0.05, 0.1) is 11.0 Å². The van der Waals surface area contributed by atoms with Crippen molar-refractivity contribution < 1.29 is 17.9 Å².